The van der Waals surface area contributed by atoms with Crippen LogP contribution in [-0.2, 0) is 17.9 Å². The van der Waals surface area contributed by atoms with Crippen molar-refractivity contribution in [1.29, 1.82) is 0 Å². The van der Waals surface area contributed by atoms with Gasteiger partial charge in [-0.2, -0.15) is 0 Å². The highest BCUT2D eigenvalue weighted by atomic mass is 79.9. The number of fused-ring (bicyclic) bond motifs is 1. The van der Waals surface area contributed by atoms with E-state index < -0.39 is 0 Å². The van der Waals surface area contributed by atoms with Crippen LogP contribution in [0.1, 0.15) is 11.1 Å². The Bertz CT molecular complexity index is 1500. The number of thioether (sulfide) groups is 1. The SMILES string of the molecule is O=C1S/C(=C\c2cn(CCOc3ccccc3Cl)c3ccc(Br)cc23)C(=O)N1Cc1ccc(Cl)cc1. The second-order valence-electron chi connectivity index (χ2n) is 8.11. The third-order valence-corrected chi connectivity index (χ3v) is 7.68. The zero-order valence-corrected chi connectivity index (χ0v) is 22.7. The molecular weight excluding hydrogens is 583 g/mol. The van der Waals surface area contributed by atoms with Gasteiger partial charge in [0.25, 0.3) is 11.1 Å². The van der Waals surface area contributed by atoms with Crippen molar-refractivity contribution in [3.63, 3.8) is 0 Å². The molecule has 0 N–H and O–H groups in total. The number of carbonyl (C=O) groups is 2. The van der Waals surface area contributed by atoms with Gasteiger partial charge in [-0.05, 0) is 65.9 Å². The Kier molecular flexibility index (Phi) is 7.44. The highest BCUT2D eigenvalue weighted by molar-refractivity contribution is 9.10. The van der Waals surface area contributed by atoms with Gasteiger partial charge in [-0.25, -0.2) is 0 Å². The van der Waals surface area contributed by atoms with Crippen LogP contribution in [0.15, 0.2) is 82.3 Å². The summed E-state index contributed by atoms with van der Waals surface area (Å²) in [7, 11) is 0. The Labute approximate surface area is 230 Å². The summed E-state index contributed by atoms with van der Waals surface area (Å²) < 4.78 is 8.86. The second kappa shape index (κ2) is 10.7. The number of imide groups is 1. The van der Waals surface area contributed by atoms with Crippen LogP contribution in [0.25, 0.3) is 17.0 Å². The second-order valence-corrected chi connectivity index (χ2v) is 10.9. The number of amides is 2. The molecule has 1 aromatic heterocycles. The Hall–Kier alpha value is -2.71. The average molecular weight is 602 g/mol. The molecule has 3 aromatic carbocycles. The maximum atomic E-state index is 13.1. The quantitative estimate of drug-likeness (QED) is 0.201. The lowest BCUT2D eigenvalue weighted by Gasteiger charge is -2.12. The number of hydrogen-bond acceptors (Lipinski definition) is 4. The molecule has 5 rings (SSSR count). The summed E-state index contributed by atoms with van der Waals surface area (Å²) in [5, 5.41) is 1.84. The summed E-state index contributed by atoms with van der Waals surface area (Å²) in [6, 6.07) is 20.5. The molecule has 1 aliphatic rings. The Morgan fingerprint density at radius 3 is 2.56 bits per heavy atom. The lowest BCUT2D eigenvalue weighted by Crippen LogP contribution is -2.27. The fourth-order valence-electron chi connectivity index (χ4n) is 3.96. The van der Waals surface area contributed by atoms with Gasteiger partial charge in [0, 0.05) is 32.2 Å². The van der Waals surface area contributed by atoms with E-state index in [1.54, 1.807) is 24.3 Å². The lowest BCUT2D eigenvalue weighted by molar-refractivity contribution is -0.123. The van der Waals surface area contributed by atoms with Crippen molar-refractivity contribution in [2.45, 2.75) is 13.1 Å². The minimum absolute atomic E-state index is 0.200. The Morgan fingerprint density at radius 2 is 1.78 bits per heavy atom. The Balaban J connectivity index is 1.39. The molecule has 0 unspecified atom stereocenters. The van der Waals surface area contributed by atoms with Crippen LogP contribution in [0, 0.1) is 0 Å². The molecule has 2 amide bonds. The molecule has 0 bridgehead atoms. The first-order valence-electron chi connectivity index (χ1n) is 11.0. The minimum Gasteiger partial charge on any atom is -0.490 e. The zero-order chi connectivity index (χ0) is 25.2. The van der Waals surface area contributed by atoms with Gasteiger partial charge < -0.3 is 9.30 Å². The standard InChI is InChI=1S/C27H19BrCl2N2O3S/c28-19-7-10-23-21(14-19)18(16-31(23)11-12-35-24-4-2-1-3-22(24)30)13-25-26(33)32(27(34)36-25)15-17-5-8-20(29)9-6-17/h1-10,13-14,16H,11-12,15H2/b25-13-. The molecule has 2 heterocycles. The van der Waals surface area contributed by atoms with Crippen LogP contribution >= 0.6 is 50.9 Å². The monoisotopic (exact) mass is 600 g/mol. The highest BCUT2D eigenvalue weighted by Crippen LogP contribution is 2.35. The third-order valence-electron chi connectivity index (χ3n) is 5.71. The van der Waals surface area contributed by atoms with E-state index in [-0.39, 0.29) is 17.7 Å². The first-order chi connectivity index (χ1) is 17.4. The van der Waals surface area contributed by atoms with Crippen LogP contribution in [-0.4, -0.2) is 27.2 Å². The van der Waals surface area contributed by atoms with Crippen molar-refractivity contribution in [3.8, 4) is 5.75 Å². The molecule has 0 saturated carbocycles. The van der Waals surface area contributed by atoms with Gasteiger partial charge in [0.15, 0.2) is 0 Å². The van der Waals surface area contributed by atoms with Crippen LogP contribution in [0.4, 0.5) is 4.79 Å². The van der Waals surface area contributed by atoms with E-state index >= 15 is 0 Å². The van der Waals surface area contributed by atoms with E-state index in [1.165, 1.54) is 4.90 Å². The van der Waals surface area contributed by atoms with Gasteiger partial charge in [0.05, 0.1) is 23.0 Å². The summed E-state index contributed by atoms with van der Waals surface area (Å²) in [4.78, 5) is 27.4. The lowest BCUT2D eigenvalue weighted by atomic mass is 10.1. The van der Waals surface area contributed by atoms with E-state index in [0.717, 1.165) is 38.3 Å². The molecule has 1 aliphatic heterocycles. The number of aromatic nitrogens is 1. The summed E-state index contributed by atoms with van der Waals surface area (Å²) >= 11 is 16.6. The summed E-state index contributed by atoms with van der Waals surface area (Å²) in [5.41, 5.74) is 2.68. The summed E-state index contributed by atoms with van der Waals surface area (Å²) in [6.07, 6.45) is 3.76. The molecule has 1 saturated heterocycles. The molecule has 9 heteroatoms. The molecular formula is C27H19BrCl2N2O3S. The van der Waals surface area contributed by atoms with E-state index in [0.29, 0.717) is 33.9 Å². The van der Waals surface area contributed by atoms with Crippen LogP contribution in [0.5, 0.6) is 5.75 Å². The minimum atomic E-state index is -0.308. The molecule has 36 heavy (non-hydrogen) atoms. The van der Waals surface area contributed by atoms with Crippen LogP contribution in [0.2, 0.25) is 10.0 Å². The maximum absolute atomic E-state index is 13.1. The highest BCUT2D eigenvalue weighted by Gasteiger charge is 2.35. The van der Waals surface area contributed by atoms with Crippen molar-refractivity contribution in [2.24, 2.45) is 0 Å². The van der Waals surface area contributed by atoms with E-state index in [9.17, 15) is 9.59 Å². The number of nitrogens with zero attached hydrogens (tertiary/aromatic N) is 2. The normalized spacial score (nSPS) is 14.9. The van der Waals surface area contributed by atoms with E-state index in [4.69, 9.17) is 27.9 Å². The van der Waals surface area contributed by atoms with Crippen molar-refractivity contribution in [1.82, 2.24) is 9.47 Å². The zero-order valence-electron chi connectivity index (χ0n) is 18.8. The van der Waals surface area contributed by atoms with Crippen LogP contribution in [0.3, 0.4) is 0 Å². The molecule has 5 nitrogen and oxygen atoms in total. The number of ether oxygens (including phenoxy) is 1. The molecule has 0 atom stereocenters. The summed E-state index contributed by atoms with van der Waals surface area (Å²) in [5.74, 6) is 0.325. The molecule has 0 aliphatic carbocycles. The molecule has 0 radical (unpaired) electrons. The first kappa shape index (κ1) is 25.0. The van der Waals surface area contributed by atoms with Gasteiger partial charge >= 0.3 is 0 Å². The number of hydrogen-bond donors (Lipinski definition) is 0. The van der Waals surface area contributed by atoms with Crippen molar-refractivity contribution < 1.29 is 14.3 Å². The third kappa shape index (κ3) is 5.34. The van der Waals surface area contributed by atoms with Gasteiger partial charge in [-0.3, -0.25) is 14.5 Å². The Morgan fingerprint density at radius 1 is 1.00 bits per heavy atom. The topological polar surface area (TPSA) is 51.5 Å². The number of halogens is 3. The van der Waals surface area contributed by atoms with Gasteiger partial charge in [0.2, 0.25) is 0 Å². The predicted molar refractivity (Wildman–Crippen MR) is 150 cm³/mol. The molecule has 1 fully saturated rings. The average Bonchev–Trinajstić information content (AvgIpc) is 3.33. The number of para-hydroxylation sites is 1. The fraction of sp³-hybridized carbons (Fsp3) is 0.111. The molecule has 4 aromatic rings. The fourth-order valence-corrected chi connectivity index (χ4v) is 5.47. The van der Waals surface area contributed by atoms with Crippen LogP contribution < -0.4 is 4.74 Å². The van der Waals surface area contributed by atoms with E-state index in [2.05, 4.69) is 20.5 Å². The van der Waals surface area contributed by atoms with Crippen molar-refractivity contribution in [3.05, 3.63) is 103 Å². The predicted octanol–water partition coefficient (Wildman–Crippen LogP) is 8.03. The van der Waals surface area contributed by atoms with Gasteiger partial charge in [-0.1, -0.05) is 63.4 Å². The summed E-state index contributed by atoms with van der Waals surface area (Å²) in [6.45, 7) is 1.20. The van der Waals surface area contributed by atoms with E-state index in [1.807, 2.05) is 54.7 Å². The largest absolute Gasteiger partial charge is 0.490 e. The van der Waals surface area contributed by atoms with Crippen molar-refractivity contribution in [2.75, 3.05) is 6.61 Å². The van der Waals surface area contributed by atoms with Gasteiger partial charge in [0.1, 0.15) is 12.4 Å². The number of carbonyl (C=O) groups excluding carboxylic acids is 2. The van der Waals surface area contributed by atoms with Crippen molar-refractivity contribution >= 4 is 79.0 Å². The van der Waals surface area contributed by atoms with Gasteiger partial charge in [-0.15, -0.1) is 0 Å². The number of benzene rings is 3. The smallest absolute Gasteiger partial charge is 0.293 e. The first-order valence-corrected chi connectivity index (χ1v) is 13.4. The number of rotatable bonds is 7. The maximum Gasteiger partial charge on any atom is 0.293 e. The molecule has 182 valence electrons. The molecule has 0 spiro atoms.